The molecule has 0 heterocycles. The van der Waals surface area contributed by atoms with Gasteiger partial charge in [0.05, 0.1) is 12.7 Å². The topological polar surface area (TPSA) is 26.3 Å². The fourth-order valence-electron chi connectivity index (χ4n) is 5.24. The van der Waals surface area contributed by atoms with Crippen molar-refractivity contribution in [1.29, 1.82) is 0 Å². The molecule has 0 bridgehead atoms. The van der Waals surface area contributed by atoms with Crippen LogP contribution >= 0.6 is 0 Å². The molecule has 2 aromatic rings. The minimum absolute atomic E-state index is 0.231. The Morgan fingerprint density at radius 3 is 2.76 bits per heavy atom. The first-order valence-corrected chi connectivity index (χ1v) is 9.48. The van der Waals surface area contributed by atoms with Crippen LogP contribution in [0.3, 0.4) is 0 Å². The van der Waals surface area contributed by atoms with Crippen molar-refractivity contribution in [1.82, 2.24) is 0 Å². The highest BCUT2D eigenvalue weighted by Crippen LogP contribution is 2.52. The second kappa shape index (κ2) is 6.67. The van der Waals surface area contributed by atoms with Crippen molar-refractivity contribution in [2.45, 2.75) is 50.4 Å². The number of benzene rings is 2. The third kappa shape index (κ3) is 2.88. The van der Waals surface area contributed by atoms with Crippen LogP contribution in [0, 0.1) is 5.92 Å². The third-order valence-corrected chi connectivity index (χ3v) is 6.39. The molecule has 2 atom stereocenters. The largest absolute Gasteiger partial charge is 0.465 e. The molecule has 2 aromatic carbocycles. The second-order valence-corrected chi connectivity index (χ2v) is 7.66. The highest BCUT2D eigenvalue weighted by atomic mass is 16.5. The molecule has 25 heavy (non-hydrogen) atoms. The lowest BCUT2D eigenvalue weighted by molar-refractivity contribution is 0.0600. The van der Waals surface area contributed by atoms with Gasteiger partial charge in [0.15, 0.2) is 0 Å². The molecule has 2 nitrogen and oxygen atoms in total. The number of hydrogen-bond donors (Lipinski definition) is 0. The Bertz CT molecular complexity index is 765. The standard InChI is InChI=1S/C23H26O2/c1-25-22(24)19-11-13-21-18(15-19)10-12-20-9-5-6-14-23(20,21)16-17-7-3-2-4-8-17/h2-4,7-8,11,13,15,20H,5-6,9-10,12,14,16H2,1H3/t20-,23-/m0/s1. The minimum Gasteiger partial charge on any atom is -0.465 e. The maximum atomic E-state index is 11.9. The van der Waals surface area contributed by atoms with E-state index in [1.807, 2.05) is 6.07 Å². The Morgan fingerprint density at radius 2 is 1.96 bits per heavy atom. The van der Waals surface area contributed by atoms with Crippen LogP contribution in [0.1, 0.15) is 59.2 Å². The normalized spacial score (nSPS) is 24.9. The van der Waals surface area contributed by atoms with Gasteiger partial charge in [-0.1, -0.05) is 49.2 Å². The summed E-state index contributed by atoms with van der Waals surface area (Å²) in [7, 11) is 1.45. The van der Waals surface area contributed by atoms with Gasteiger partial charge in [-0.2, -0.15) is 0 Å². The van der Waals surface area contributed by atoms with Crippen molar-refractivity contribution in [3.05, 3.63) is 70.8 Å². The van der Waals surface area contributed by atoms with Gasteiger partial charge in [0.25, 0.3) is 0 Å². The van der Waals surface area contributed by atoms with Crippen molar-refractivity contribution in [3.8, 4) is 0 Å². The molecule has 1 saturated carbocycles. The fraction of sp³-hybridized carbons (Fsp3) is 0.435. The van der Waals surface area contributed by atoms with Gasteiger partial charge in [-0.15, -0.1) is 0 Å². The van der Waals surface area contributed by atoms with Gasteiger partial charge < -0.3 is 4.74 Å². The average molecular weight is 334 g/mol. The first-order chi connectivity index (χ1) is 12.2. The molecule has 0 spiro atoms. The summed E-state index contributed by atoms with van der Waals surface area (Å²) >= 11 is 0. The highest BCUT2D eigenvalue weighted by molar-refractivity contribution is 5.89. The third-order valence-electron chi connectivity index (χ3n) is 6.39. The average Bonchev–Trinajstić information content (AvgIpc) is 2.67. The SMILES string of the molecule is COC(=O)c1ccc2c(c1)CC[C@@H]1CCCC[C@@]21Cc1ccccc1. The van der Waals surface area contributed by atoms with Gasteiger partial charge in [0.1, 0.15) is 0 Å². The molecule has 2 heteroatoms. The van der Waals surface area contributed by atoms with Crippen LogP contribution in [-0.2, 0) is 23.0 Å². The first kappa shape index (κ1) is 16.4. The maximum Gasteiger partial charge on any atom is 0.337 e. The number of fused-ring (bicyclic) bond motifs is 3. The zero-order valence-corrected chi connectivity index (χ0v) is 15.0. The van der Waals surface area contributed by atoms with E-state index in [9.17, 15) is 4.79 Å². The first-order valence-electron chi connectivity index (χ1n) is 9.48. The number of esters is 1. The van der Waals surface area contributed by atoms with Crippen molar-refractivity contribution < 1.29 is 9.53 Å². The fourth-order valence-corrected chi connectivity index (χ4v) is 5.24. The van der Waals surface area contributed by atoms with Crippen LogP contribution in [0.4, 0.5) is 0 Å². The van der Waals surface area contributed by atoms with Crippen LogP contribution < -0.4 is 0 Å². The van der Waals surface area contributed by atoms with E-state index in [1.54, 1.807) is 0 Å². The van der Waals surface area contributed by atoms with Gasteiger partial charge >= 0.3 is 5.97 Å². The number of carbonyl (C=O) groups is 1. The Balaban J connectivity index is 1.78. The number of methoxy groups -OCH3 is 1. The van der Waals surface area contributed by atoms with Gasteiger partial charge in [0.2, 0.25) is 0 Å². The zero-order chi connectivity index (χ0) is 17.3. The molecule has 130 valence electrons. The number of carbonyl (C=O) groups excluding carboxylic acids is 1. The lowest BCUT2D eigenvalue weighted by Gasteiger charge is -2.49. The number of rotatable bonds is 3. The molecule has 0 aromatic heterocycles. The number of ether oxygens (including phenoxy) is 1. The van der Waals surface area contributed by atoms with Gasteiger partial charge in [-0.25, -0.2) is 4.79 Å². The summed E-state index contributed by atoms with van der Waals surface area (Å²) in [4.78, 5) is 11.9. The van der Waals surface area contributed by atoms with Crippen LogP contribution in [0.5, 0.6) is 0 Å². The lowest BCUT2D eigenvalue weighted by atomic mass is 9.55. The molecule has 0 amide bonds. The Hall–Kier alpha value is -2.09. The smallest absolute Gasteiger partial charge is 0.337 e. The van der Waals surface area contributed by atoms with E-state index in [1.165, 1.54) is 55.9 Å². The molecule has 2 aliphatic rings. The van der Waals surface area contributed by atoms with E-state index < -0.39 is 0 Å². The summed E-state index contributed by atoms with van der Waals surface area (Å²) < 4.78 is 4.92. The molecular formula is C23H26O2. The minimum atomic E-state index is -0.231. The maximum absolute atomic E-state index is 11.9. The van der Waals surface area contributed by atoms with Crippen molar-refractivity contribution >= 4 is 5.97 Å². The summed E-state index contributed by atoms with van der Waals surface area (Å²) in [5.41, 5.74) is 5.20. The van der Waals surface area contributed by atoms with E-state index in [2.05, 4.69) is 42.5 Å². The molecule has 0 N–H and O–H groups in total. The number of aryl methyl sites for hydroxylation is 1. The Labute approximate surface area is 150 Å². The molecular weight excluding hydrogens is 308 g/mol. The summed E-state index contributed by atoms with van der Waals surface area (Å²) in [6.07, 6.45) is 8.70. The van der Waals surface area contributed by atoms with Gasteiger partial charge in [0, 0.05) is 5.41 Å². The quantitative estimate of drug-likeness (QED) is 0.731. The molecule has 0 saturated heterocycles. The summed E-state index contributed by atoms with van der Waals surface area (Å²) in [5, 5.41) is 0. The van der Waals surface area contributed by atoms with Gasteiger partial charge in [-0.05, 0) is 66.8 Å². The molecule has 0 radical (unpaired) electrons. The molecule has 0 unspecified atom stereocenters. The van der Waals surface area contributed by atoms with Crippen molar-refractivity contribution in [3.63, 3.8) is 0 Å². The Kier molecular flexibility index (Phi) is 4.37. The lowest BCUT2D eigenvalue weighted by Crippen LogP contribution is -2.43. The van der Waals surface area contributed by atoms with Crippen LogP contribution in [0.2, 0.25) is 0 Å². The van der Waals surface area contributed by atoms with Crippen molar-refractivity contribution in [2.24, 2.45) is 5.92 Å². The molecule has 4 rings (SSSR count). The summed E-state index contributed by atoms with van der Waals surface area (Å²) in [6, 6.07) is 17.2. The second-order valence-electron chi connectivity index (χ2n) is 7.66. The zero-order valence-electron chi connectivity index (χ0n) is 15.0. The molecule has 0 aliphatic heterocycles. The highest BCUT2D eigenvalue weighted by Gasteiger charge is 2.45. The number of hydrogen-bond acceptors (Lipinski definition) is 2. The van der Waals surface area contributed by atoms with Crippen molar-refractivity contribution in [2.75, 3.05) is 7.11 Å². The monoisotopic (exact) mass is 334 g/mol. The van der Waals surface area contributed by atoms with E-state index in [0.29, 0.717) is 5.56 Å². The van der Waals surface area contributed by atoms with E-state index >= 15 is 0 Å². The van der Waals surface area contributed by atoms with Crippen LogP contribution in [0.15, 0.2) is 48.5 Å². The van der Waals surface area contributed by atoms with E-state index in [-0.39, 0.29) is 11.4 Å². The van der Waals surface area contributed by atoms with E-state index in [0.717, 1.165) is 18.8 Å². The predicted molar refractivity (Wildman–Crippen MR) is 99.9 cm³/mol. The summed E-state index contributed by atoms with van der Waals surface area (Å²) in [6.45, 7) is 0. The van der Waals surface area contributed by atoms with E-state index in [4.69, 9.17) is 4.74 Å². The molecule has 2 aliphatic carbocycles. The summed E-state index contributed by atoms with van der Waals surface area (Å²) in [5.74, 6) is 0.531. The van der Waals surface area contributed by atoms with Gasteiger partial charge in [-0.3, -0.25) is 0 Å². The molecule has 1 fully saturated rings. The predicted octanol–water partition coefficient (Wildman–Crippen LogP) is 5.09. The van der Waals surface area contributed by atoms with Crippen LogP contribution in [0.25, 0.3) is 0 Å². The Morgan fingerprint density at radius 1 is 1.12 bits per heavy atom. The van der Waals surface area contributed by atoms with Crippen LogP contribution in [-0.4, -0.2) is 13.1 Å².